The van der Waals surface area contributed by atoms with Gasteiger partial charge in [0.1, 0.15) is 24.3 Å². The molecule has 12 heteroatoms. The molecule has 0 saturated carbocycles. The molecule has 0 spiro atoms. The Bertz CT molecular complexity index is 960. The lowest BCUT2D eigenvalue weighted by atomic mass is 10.0. The fraction of sp³-hybridized carbons (Fsp3) is 0.417. The first-order valence-corrected chi connectivity index (χ1v) is 12.2. The van der Waals surface area contributed by atoms with Crippen molar-refractivity contribution in [3.8, 4) is 0 Å². The highest BCUT2D eigenvalue weighted by Crippen LogP contribution is 2.22. The predicted octanol–water partition coefficient (Wildman–Crippen LogP) is -2.74. The Hall–Kier alpha value is -2.28. The van der Waals surface area contributed by atoms with Gasteiger partial charge < -0.3 is 30.0 Å². The summed E-state index contributed by atoms with van der Waals surface area (Å²) in [5.41, 5.74) is 16.4. The molecule has 10 nitrogen and oxygen atoms in total. The number of halogens is 2. The number of fused-ring (bicyclic) bond motifs is 2. The van der Waals surface area contributed by atoms with Gasteiger partial charge in [-0.05, 0) is 62.1 Å². The largest absolute Gasteiger partial charge is 0.547 e. The Balaban J connectivity index is 0.000000193. The van der Waals surface area contributed by atoms with Crippen LogP contribution in [0.5, 0.6) is 0 Å². The number of rotatable bonds is 3. The van der Waals surface area contributed by atoms with Crippen LogP contribution in [0.4, 0.5) is 0 Å². The summed E-state index contributed by atoms with van der Waals surface area (Å²) in [4.78, 5) is 19.3. The molecule has 2 aliphatic rings. The van der Waals surface area contributed by atoms with Crippen molar-refractivity contribution in [3.05, 3.63) is 68.7 Å². The molecule has 198 valence electrons. The lowest BCUT2D eigenvalue weighted by molar-refractivity contribution is -0.744. The van der Waals surface area contributed by atoms with Gasteiger partial charge in [-0.15, -0.1) is 0 Å². The number of aliphatic carboxylic acids is 2. The van der Waals surface area contributed by atoms with Crippen LogP contribution < -0.4 is 31.9 Å². The molecular formula is C24H32Cl2N4O6. The van der Waals surface area contributed by atoms with E-state index >= 15 is 0 Å². The van der Waals surface area contributed by atoms with Crippen LogP contribution in [0.2, 0.25) is 10.0 Å². The van der Waals surface area contributed by atoms with E-state index in [1.54, 1.807) is 0 Å². The third kappa shape index (κ3) is 8.99. The number of quaternary nitrogens is 2. The van der Waals surface area contributed by atoms with Crippen molar-refractivity contribution in [2.75, 3.05) is 13.1 Å². The molecular weight excluding hydrogens is 511 g/mol. The molecule has 0 amide bonds. The summed E-state index contributed by atoms with van der Waals surface area (Å²) >= 11 is 11.9. The number of carbonyl (C=O) groups is 2. The molecule has 2 unspecified atom stereocenters. The zero-order valence-electron chi connectivity index (χ0n) is 20.0. The first kappa shape index (κ1) is 29.9. The minimum atomic E-state index is -2.44. The van der Waals surface area contributed by atoms with E-state index < -0.39 is 24.1 Å². The number of hydrogen-bond acceptors (Lipinski definition) is 8. The van der Waals surface area contributed by atoms with Gasteiger partial charge in [-0.2, -0.15) is 10.9 Å². The van der Waals surface area contributed by atoms with Crippen molar-refractivity contribution in [3.63, 3.8) is 0 Å². The summed E-state index contributed by atoms with van der Waals surface area (Å²) in [5.74, 6) is -4.12. The van der Waals surface area contributed by atoms with E-state index in [1.807, 2.05) is 12.1 Å². The summed E-state index contributed by atoms with van der Waals surface area (Å²) in [7, 11) is 0. The Morgan fingerprint density at radius 1 is 0.833 bits per heavy atom. The Morgan fingerprint density at radius 3 is 1.53 bits per heavy atom. The topological polar surface area (TPSA) is 178 Å². The summed E-state index contributed by atoms with van der Waals surface area (Å²) in [5, 5.41) is 37.4. The van der Waals surface area contributed by atoms with Crippen LogP contribution in [-0.4, -0.2) is 47.4 Å². The fourth-order valence-corrected chi connectivity index (χ4v) is 4.17. The maximum atomic E-state index is 9.63. The average molecular weight is 543 g/mol. The summed E-state index contributed by atoms with van der Waals surface area (Å²) in [6.07, 6.45) is -2.70. The average Bonchev–Trinajstić information content (AvgIpc) is 3.14. The van der Waals surface area contributed by atoms with Crippen molar-refractivity contribution in [1.29, 1.82) is 0 Å². The van der Waals surface area contributed by atoms with Gasteiger partial charge in [0, 0.05) is 34.3 Å². The zero-order chi connectivity index (χ0) is 26.8. The van der Waals surface area contributed by atoms with Gasteiger partial charge in [0.25, 0.3) is 0 Å². The van der Waals surface area contributed by atoms with Crippen LogP contribution in [0.15, 0.2) is 36.4 Å². The van der Waals surface area contributed by atoms with Gasteiger partial charge in [0.2, 0.25) is 0 Å². The van der Waals surface area contributed by atoms with Crippen molar-refractivity contribution < 1.29 is 40.9 Å². The van der Waals surface area contributed by atoms with Crippen LogP contribution in [0.1, 0.15) is 48.2 Å². The van der Waals surface area contributed by atoms with Crippen LogP contribution in [-0.2, 0) is 22.4 Å². The molecule has 0 saturated heterocycles. The minimum Gasteiger partial charge on any atom is -0.547 e. The smallest absolute Gasteiger partial charge is 0.126 e. The van der Waals surface area contributed by atoms with E-state index in [0.717, 1.165) is 36.0 Å². The molecule has 4 atom stereocenters. The molecule has 8 N–H and O–H groups in total. The van der Waals surface area contributed by atoms with Gasteiger partial charge in [0.05, 0.1) is 11.9 Å². The van der Waals surface area contributed by atoms with Gasteiger partial charge in [0.15, 0.2) is 0 Å². The molecule has 0 fully saturated rings. The molecule has 0 aromatic heterocycles. The first-order valence-electron chi connectivity index (χ1n) is 11.5. The van der Waals surface area contributed by atoms with E-state index in [-0.39, 0.29) is 0 Å². The summed E-state index contributed by atoms with van der Waals surface area (Å²) in [6, 6.07) is 13.3. The van der Waals surface area contributed by atoms with E-state index in [9.17, 15) is 19.8 Å². The van der Waals surface area contributed by atoms with E-state index in [2.05, 4.69) is 59.8 Å². The van der Waals surface area contributed by atoms with E-state index in [1.165, 1.54) is 22.3 Å². The molecule has 2 aliphatic heterocycles. The number of carbonyl (C=O) groups excluding carboxylic acids is 2. The summed E-state index contributed by atoms with van der Waals surface area (Å²) < 4.78 is 0. The fourth-order valence-electron chi connectivity index (χ4n) is 3.81. The second kappa shape index (κ2) is 14.5. The molecule has 0 aliphatic carbocycles. The van der Waals surface area contributed by atoms with Gasteiger partial charge in [-0.25, -0.2) is 0 Å². The zero-order valence-corrected chi connectivity index (χ0v) is 21.6. The number of hydrogen-bond donors (Lipinski definition) is 6. The van der Waals surface area contributed by atoms with Crippen molar-refractivity contribution in [2.24, 2.45) is 0 Å². The number of aliphatic hydroxyl groups excluding tert-OH is 2. The third-order valence-corrected chi connectivity index (χ3v) is 6.26. The monoisotopic (exact) mass is 542 g/mol. The number of aliphatic hydroxyl groups is 2. The number of benzene rings is 2. The Labute approximate surface area is 219 Å². The van der Waals surface area contributed by atoms with E-state index in [0.29, 0.717) is 12.1 Å². The lowest BCUT2D eigenvalue weighted by Crippen LogP contribution is -2.93. The normalized spacial score (nSPS) is 20.4. The second-order valence-electron chi connectivity index (χ2n) is 8.53. The number of carboxylic acids is 2. The maximum absolute atomic E-state index is 9.63. The standard InChI is InChI=1S/2C10H13ClN2.C4H6O6/c2*1-7-10-6-9(11)3-2-8(10)4-5-12-13-7;5-1(3(7)8)2(6)4(9)10/h2*2-3,6-7,12-13H,4-5H2,1H3;1-2,5-6H,(H,7,8)(H,9,10)/t2*7-;/m11./s1. The van der Waals surface area contributed by atoms with Crippen LogP contribution >= 0.6 is 23.2 Å². The highest BCUT2D eigenvalue weighted by atomic mass is 35.5. The van der Waals surface area contributed by atoms with Crippen LogP contribution in [0.3, 0.4) is 0 Å². The Morgan fingerprint density at radius 2 is 1.19 bits per heavy atom. The maximum Gasteiger partial charge on any atom is 0.126 e. The highest BCUT2D eigenvalue weighted by Gasteiger charge is 2.18. The molecule has 36 heavy (non-hydrogen) atoms. The molecule has 4 rings (SSSR count). The molecule has 0 radical (unpaired) electrons. The highest BCUT2D eigenvalue weighted by molar-refractivity contribution is 6.30. The first-order chi connectivity index (χ1) is 17.0. The molecule has 0 bridgehead atoms. The van der Waals surface area contributed by atoms with Crippen molar-refractivity contribution in [2.45, 2.75) is 51.0 Å². The van der Waals surface area contributed by atoms with E-state index in [4.69, 9.17) is 33.4 Å². The SMILES string of the molecule is C[C@H]1[NH2+]NCCc2ccc(Cl)cc21.C[C@H]1[NH2+]NCCc2ccc(Cl)cc21.O=C([O-])C(O)C(O)C(=O)[O-]. The van der Waals surface area contributed by atoms with Crippen LogP contribution in [0, 0.1) is 0 Å². The van der Waals surface area contributed by atoms with Gasteiger partial charge in [-0.3, -0.25) is 10.9 Å². The third-order valence-electron chi connectivity index (χ3n) is 5.79. The number of carboxylic acid groups (broad SMARTS) is 2. The van der Waals surface area contributed by atoms with Crippen LogP contribution in [0.25, 0.3) is 0 Å². The molecule has 2 aromatic carbocycles. The minimum absolute atomic E-state index is 0.455. The lowest BCUT2D eigenvalue weighted by Gasteiger charge is -2.18. The molecule has 2 aromatic rings. The Kier molecular flexibility index (Phi) is 12.0. The van der Waals surface area contributed by atoms with Crippen molar-refractivity contribution in [1.82, 2.24) is 10.9 Å². The quantitative estimate of drug-likeness (QED) is 0.226. The molecule has 2 heterocycles. The predicted molar refractivity (Wildman–Crippen MR) is 129 cm³/mol. The van der Waals surface area contributed by atoms with Gasteiger partial charge in [-0.1, -0.05) is 35.3 Å². The van der Waals surface area contributed by atoms with Gasteiger partial charge >= 0.3 is 0 Å². The number of nitrogens with one attached hydrogen (secondary N) is 2. The second-order valence-corrected chi connectivity index (χ2v) is 9.41. The van der Waals surface area contributed by atoms with Crippen molar-refractivity contribution >= 4 is 35.1 Å². The summed E-state index contributed by atoms with van der Waals surface area (Å²) in [6.45, 7) is 6.43. The number of nitrogens with two attached hydrogens (primary N) is 2.